The number of esters is 1. The molecule has 0 spiro atoms. The zero-order valence-corrected chi connectivity index (χ0v) is 16.5. The lowest BCUT2D eigenvalue weighted by Gasteiger charge is -2.11. The Kier molecular flexibility index (Phi) is 6.30. The summed E-state index contributed by atoms with van der Waals surface area (Å²) in [6, 6.07) is 4.67. The van der Waals surface area contributed by atoms with Crippen molar-refractivity contribution in [2.75, 3.05) is 25.6 Å². The van der Waals surface area contributed by atoms with Crippen LogP contribution in [0.3, 0.4) is 0 Å². The largest absolute Gasteiger partial charge is 0.493 e. The molecule has 28 heavy (non-hydrogen) atoms. The Morgan fingerprint density at radius 1 is 1.25 bits per heavy atom. The third kappa shape index (κ3) is 4.17. The Labute approximate surface area is 166 Å². The third-order valence-corrected chi connectivity index (χ3v) is 5.54. The van der Waals surface area contributed by atoms with Gasteiger partial charge in [-0.05, 0) is 49.9 Å². The van der Waals surface area contributed by atoms with Crippen molar-refractivity contribution in [1.29, 1.82) is 0 Å². The number of amides is 1. The molecule has 7 nitrogen and oxygen atoms in total. The van der Waals surface area contributed by atoms with Crippen LogP contribution in [-0.2, 0) is 22.4 Å². The second-order valence-electron chi connectivity index (χ2n) is 6.15. The first-order valence-electron chi connectivity index (χ1n) is 8.94. The molecule has 1 aromatic heterocycles. The van der Waals surface area contributed by atoms with Gasteiger partial charge in [-0.1, -0.05) is 0 Å². The van der Waals surface area contributed by atoms with Gasteiger partial charge in [0.05, 0.1) is 19.3 Å². The van der Waals surface area contributed by atoms with Gasteiger partial charge < -0.3 is 19.5 Å². The molecule has 0 radical (unpaired) electrons. The molecule has 1 heterocycles. The van der Waals surface area contributed by atoms with Gasteiger partial charge in [-0.2, -0.15) is 0 Å². The highest BCUT2D eigenvalue weighted by atomic mass is 32.1. The van der Waals surface area contributed by atoms with E-state index in [1.807, 2.05) is 0 Å². The first-order valence-corrected chi connectivity index (χ1v) is 9.76. The number of ether oxygens (including phenoxy) is 3. The highest BCUT2D eigenvalue weighted by Crippen LogP contribution is 2.39. The number of aryl methyl sites for hydroxylation is 1. The Bertz CT molecular complexity index is 904. The molecule has 8 heteroatoms. The predicted molar refractivity (Wildman–Crippen MR) is 105 cm³/mol. The zero-order chi connectivity index (χ0) is 20.1. The average Bonchev–Trinajstić information content (AvgIpc) is 3.27. The molecule has 0 atom stereocenters. The second-order valence-corrected chi connectivity index (χ2v) is 7.25. The second kappa shape index (κ2) is 8.88. The molecule has 0 unspecified atom stereocenters. The van der Waals surface area contributed by atoms with Crippen LogP contribution in [0.15, 0.2) is 18.2 Å². The number of benzene rings is 1. The molecule has 1 aliphatic carbocycles. The molecular formula is C20H21NO6S. The van der Waals surface area contributed by atoms with Crippen molar-refractivity contribution in [1.82, 2.24) is 0 Å². The van der Waals surface area contributed by atoms with Crippen LogP contribution in [0.1, 0.15) is 44.5 Å². The van der Waals surface area contributed by atoms with Gasteiger partial charge in [0.2, 0.25) is 0 Å². The fourth-order valence-electron chi connectivity index (χ4n) is 3.09. The fraction of sp³-hybridized carbons (Fsp3) is 0.350. The third-order valence-electron chi connectivity index (χ3n) is 4.34. The van der Waals surface area contributed by atoms with Crippen molar-refractivity contribution in [3.05, 3.63) is 39.8 Å². The molecule has 1 N–H and O–H groups in total. The topological polar surface area (TPSA) is 90.9 Å². The average molecular weight is 403 g/mol. The molecule has 1 amide bonds. The maximum absolute atomic E-state index is 12.4. The SMILES string of the molecule is CCOC(=O)c1c(NC(=O)COc2ccc(C=O)cc2OC)sc2c1CCC2. The summed E-state index contributed by atoms with van der Waals surface area (Å²) in [5.41, 5.74) is 1.88. The Balaban J connectivity index is 1.71. The number of carbonyl (C=O) groups excluding carboxylic acids is 3. The van der Waals surface area contributed by atoms with E-state index in [0.29, 0.717) is 33.9 Å². The van der Waals surface area contributed by atoms with E-state index < -0.39 is 11.9 Å². The maximum atomic E-state index is 12.4. The van der Waals surface area contributed by atoms with E-state index in [4.69, 9.17) is 14.2 Å². The van der Waals surface area contributed by atoms with E-state index in [9.17, 15) is 14.4 Å². The molecule has 0 bridgehead atoms. The van der Waals surface area contributed by atoms with Gasteiger partial charge in [-0.3, -0.25) is 9.59 Å². The molecular weight excluding hydrogens is 382 g/mol. The molecule has 0 fully saturated rings. The summed E-state index contributed by atoms with van der Waals surface area (Å²) in [5.74, 6) is -0.0986. The maximum Gasteiger partial charge on any atom is 0.341 e. The molecule has 1 aromatic carbocycles. The number of thiophene rings is 1. The predicted octanol–water partition coefficient (Wildman–Crippen LogP) is 3.25. The Hall–Kier alpha value is -2.87. The van der Waals surface area contributed by atoms with E-state index in [0.717, 1.165) is 29.7 Å². The van der Waals surface area contributed by atoms with Crippen molar-refractivity contribution in [2.45, 2.75) is 26.2 Å². The van der Waals surface area contributed by atoms with Crippen LogP contribution >= 0.6 is 11.3 Å². The molecule has 0 saturated heterocycles. The molecule has 3 rings (SSSR count). The van der Waals surface area contributed by atoms with Gasteiger partial charge in [-0.15, -0.1) is 11.3 Å². The van der Waals surface area contributed by atoms with E-state index >= 15 is 0 Å². The number of carbonyl (C=O) groups is 3. The number of rotatable bonds is 8. The molecule has 0 saturated carbocycles. The van der Waals surface area contributed by atoms with Crippen molar-refractivity contribution in [3.63, 3.8) is 0 Å². The smallest absolute Gasteiger partial charge is 0.341 e. The summed E-state index contributed by atoms with van der Waals surface area (Å²) in [6.07, 6.45) is 3.42. The fourth-order valence-corrected chi connectivity index (χ4v) is 4.39. The number of hydrogen-bond donors (Lipinski definition) is 1. The van der Waals surface area contributed by atoms with E-state index in [-0.39, 0.29) is 13.2 Å². The summed E-state index contributed by atoms with van der Waals surface area (Å²) in [4.78, 5) is 36.7. The van der Waals surface area contributed by atoms with Crippen LogP contribution in [0.4, 0.5) is 5.00 Å². The number of anilines is 1. The van der Waals surface area contributed by atoms with Gasteiger partial charge in [0, 0.05) is 10.4 Å². The van der Waals surface area contributed by atoms with Crippen LogP contribution < -0.4 is 14.8 Å². The van der Waals surface area contributed by atoms with Crippen LogP contribution in [0, 0.1) is 0 Å². The highest BCUT2D eigenvalue weighted by Gasteiger charge is 2.28. The Morgan fingerprint density at radius 2 is 2.07 bits per heavy atom. The number of hydrogen-bond acceptors (Lipinski definition) is 7. The van der Waals surface area contributed by atoms with Crippen molar-refractivity contribution >= 4 is 34.5 Å². The lowest BCUT2D eigenvalue weighted by Crippen LogP contribution is -2.21. The Morgan fingerprint density at radius 3 is 2.79 bits per heavy atom. The van der Waals surface area contributed by atoms with Crippen LogP contribution in [0.2, 0.25) is 0 Å². The number of methoxy groups -OCH3 is 1. The minimum Gasteiger partial charge on any atom is -0.493 e. The lowest BCUT2D eigenvalue weighted by molar-refractivity contribution is -0.118. The first kappa shape index (κ1) is 19.9. The normalized spacial score (nSPS) is 12.2. The van der Waals surface area contributed by atoms with Gasteiger partial charge in [0.25, 0.3) is 5.91 Å². The zero-order valence-electron chi connectivity index (χ0n) is 15.7. The van der Waals surface area contributed by atoms with Crippen LogP contribution in [-0.4, -0.2) is 38.5 Å². The van der Waals surface area contributed by atoms with Crippen LogP contribution in [0.5, 0.6) is 11.5 Å². The number of fused-ring (bicyclic) bond motifs is 1. The van der Waals surface area contributed by atoms with Gasteiger partial charge in [0.1, 0.15) is 11.3 Å². The summed E-state index contributed by atoms with van der Waals surface area (Å²) >= 11 is 1.41. The lowest BCUT2D eigenvalue weighted by atomic mass is 10.1. The molecule has 0 aliphatic heterocycles. The van der Waals surface area contributed by atoms with Crippen molar-refractivity contribution < 1.29 is 28.6 Å². The standard InChI is InChI=1S/C20H21NO6S/c1-3-26-20(24)18-13-5-4-6-16(13)28-19(18)21-17(23)11-27-14-8-7-12(10-22)9-15(14)25-2/h7-10H,3-6,11H2,1-2H3,(H,21,23). The summed E-state index contributed by atoms with van der Waals surface area (Å²) in [7, 11) is 1.45. The highest BCUT2D eigenvalue weighted by molar-refractivity contribution is 7.17. The number of nitrogens with one attached hydrogen (secondary N) is 1. The van der Waals surface area contributed by atoms with E-state index in [1.165, 1.54) is 24.5 Å². The van der Waals surface area contributed by atoms with Gasteiger partial charge in [0.15, 0.2) is 18.1 Å². The van der Waals surface area contributed by atoms with E-state index in [2.05, 4.69) is 5.32 Å². The molecule has 1 aliphatic rings. The monoisotopic (exact) mass is 403 g/mol. The van der Waals surface area contributed by atoms with Crippen molar-refractivity contribution in [3.8, 4) is 11.5 Å². The van der Waals surface area contributed by atoms with Crippen molar-refractivity contribution in [2.24, 2.45) is 0 Å². The quantitative estimate of drug-likeness (QED) is 0.537. The summed E-state index contributed by atoms with van der Waals surface area (Å²) in [5, 5.41) is 3.27. The number of aldehydes is 1. The minimum absolute atomic E-state index is 0.262. The van der Waals surface area contributed by atoms with Crippen LogP contribution in [0.25, 0.3) is 0 Å². The first-order chi connectivity index (χ1) is 13.6. The summed E-state index contributed by atoms with van der Waals surface area (Å²) in [6.45, 7) is 1.76. The minimum atomic E-state index is -0.413. The summed E-state index contributed by atoms with van der Waals surface area (Å²) < 4.78 is 15.9. The molecule has 148 valence electrons. The molecule has 2 aromatic rings. The van der Waals surface area contributed by atoms with Gasteiger partial charge >= 0.3 is 5.97 Å². The van der Waals surface area contributed by atoms with Gasteiger partial charge in [-0.25, -0.2) is 4.79 Å². The van der Waals surface area contributed by atoms with E-state index in [1.54, 1.807) is 19.1 Å².